The van der Waals surface area contributed by atoms with E-state index in [-0.39, 0.29) is 22.1 Å². The molecule has 0 unspecified atom stereocenters. The molecule has 0 saturated heterocycles. The SMILES string of the molecule is Cc1cccc(NS(=O)(=O)c2cc([N+](=O)[O-])ccc2N)n1. The van der Waals surface area contributed by atoms with Gasteiger partial charge < -0.3 is 5.73 Å². The van der Waals surface area contributed by atoms with Crippen LogP contribution in [-0.4, -0.2) is 18.3 Å². The summed E-state index contributed by atoms with van der Waals surface area (Å²) in [7, 11) is -4.06. The van der Waals surface area contributed by atoms with E-state index < -0.39 is 14.9 Å². The van der Waals surface area contributed by atoms with Crippen molar-refractivity contribution in [3.05, 3.63) is 52.2 Å². The quantitative estimate of drug-likeness (QED) is 0.502. The van der Waals surface area contributed by atoms with Gasteiger partial charge in [0, 0.05) is 17.8 Å². The third-order valence-electron chi connectivity index (χ3n) is 2.62. The highest BCUT2D eigenvalue weighted by Gasteiger charge is 2.21. The predicted octanol–water partition coefficient (Wildman–Crippen LogP) is 1.68. The van der Waals surface area contributed by atoms with Crippen molar-refractivity contribution in [2.75, 3.05) is 10.5 Å². The molecule has 9 heteroatoms. The van der Waals surface area contributed by atoms with Crippen LogP contribution in [0.3, 0.4) is 0 Å². The number of nitro groups is 1. The molecule has 1 aromatic carbocycles. The Morgan fingerprint density at radius 3 is 2.62 bits per heavy atom. The smallest absolute Gasteiger partial charge is 0.270 e. The highest BCUT2D eigenvalue weighted by Crippen LogP contribution is 2.25. The monoisotopic (exact) mass is 308 g/mol. The lowest BCUT2D eigenvalue weighted by Gasteiger charge is -2.09. The highest BCUT2D eigenvalue weighted by molar-refractivity contribution is 7.92. The molecule has 8 nitrogen and oxygen atoms in total. The van der Waals surface area contributed by atoms with E-state index in [0.717, 1.165) is 12.1 Å². The zero-order valence-corrected chi connectivity index (χ0v) is 11.8. The zero-order valence-electron chi connectivity index (χ0n) is 11.0. The van der Waals surface area contributed by atoms with Crippen LogP contribution in [0.15, 0.2) is 41.3 Å². The fraction of sp³-hybridized carbons (Fsp3) is 0.0833. The summed E-state index contributed by atoms with van der Waals surface area (Å²) in [6.45, 7) is 1.71. The molecular formula is C12H12N4O4S. The van der Waals surface area contributed by atoms with Crippen LogP contribution in [-0.2, 0) is 10.0 Å². The number of nitrogens with two attached hydrogens (primary N) is 1. The second kappa shape index (κ2) is 5.37. The largest absolute Gasteiger partial charge is 0.398 e. The molecule has 0 amide bonds. The third-order valence-corrected chi connectivity index (χ3v) is 4.04. The lowest BCUT2D eigenvalue weighted by Crippen LogP contribution is -2.16. The molecule has 2 rings (SSSR count). The molecule has 0 radical (unpaired) electrons. The minimum atomic E-state index is -4.06. The molecule has 110 valence electrons. The molecule has 0 bridgehead atoms. The van der Waals surface area contributed by atoms with Crippen molar-refractivity contribution in [1.29, 1.82) is 0 Å². The van der Waals surface area contributed by atoms with Gasteiger partial charge >= 0.3 is 0 Å². The fourth-order valence-corrected chi connectivity index (χ4v) is 2.82. The molecule has 0 fully saturated rings. The number of nitrogens with zero attached hydrogens (tertiary/aromatic N) is 2. The first-order valence-electron chi connectivity index (χ1n) is 5.80. The van der Waals surface area contributed by atoms with Gasteiger partial charge in [0.05, 0.1) is 10.6 Å². The van der Waals surface area contributed by atoms with Crippen LogP contribution in [0.2, 0.25) is 0 Å². The number of anilines is 2. The fourth-order valence-electron chi connectivity index (χ4n) is 1.66. The second-order valence-corrected chi connectivity index (χ2v) is 5.90. The molecule has 2 aromatic rings. The molecular weight excluding hydrogens is 296 g/mol. The lowest BCUT2D eigenvalue weighted by atomic mass is 10.3. The number of aromatic nitrogens is 1. The summed E-state index contributed by atoms with van der Waals surface area (Å²) in [5.41, 5.74) is 5.78. The number of hydrogen-bond acceptors (Lipinski definition) is 6. The first-order chi connectivity index (χ1) is 9.79. The number of nitrogens with one attached hydrogen (secondary N) is 1. The number of benzene rings is 1. The van der Waals surface area contributed by atoms with Crippen molar-refractivity contribution in [3.8, 4) is 0 Å². The summed E-state index contributed by atoms with van der Waals surface area (Å²) in [6, 6.07) is 8.04. The summed E-state index contributed by atoms with van der Waals surface area (Å²) in [5, 5.41) is 10.7. The van der Waals surface area contributed by atoms with Crippen molar-refractivity contribution >= 4 is 27.2 Å². The van der Waals surface area contributed by atoms with Gasteiger partial charge in [-0.15, -0.1) is 0 Å². The van der Waals surface area contributed by atoms with Gasteiger partial charge in [0.1, 0.15) is 10.7 Å². The Hall–Kier alpha value is -2.68. The first kappa shape index (κ1) is 14.7. The lowest BCUT2D eigenvalue weighted by molar-refractivity contribution is -0.385. The van der Waals surface area contributed by atoms with E-state index in [2.05, 4.69) is 9.71 Å². The zero-order chi connectivity index (χ0) is 15.6. The Morgan fingerprint density at radius 2 is 2.00 bits per heavy atom. The van der Waals surface area contributed by atoms with Crippen molar-refractivity contribution in [3.63, 3.8) is 0 Å². The second-order valence-electron chi connectivity index (χ2n) is 4.25. The number of nitrogen functional groups attached to an aromatic ring is 1. The van der Waals surface area contributed by atoms with Gasteiger partial charge in [0.25, 0.3) is 15.7 Å². The summed E-state index contributed by atoms with van der Waals surface area (Å²) in [5.74, 6) is 0.112. The van der Waals surface area contributed by atoms with Crippen LogP contribution in [0.1, 0.15) is 5.69 Å². The van der Waals surface area contributed by atoms with Crippen molar-refractivity contribution in [2.45, 2.75) is 11.8 Å². The topological polar surface area (TPSA) is 128 Å². The highest BCUT2D eigenvalue weighted by atomic mass is 32.2. The molecule has 1 heterocycles. The number of pyridine rings is 1. The van der Waals surface area contributed by atoms with Gasteiger partial charge in [-0.3, -0.25) is 14.8 Å². The van der Waals surface area contributed by atoms with Crippen molar-refractivity contribution < 1.29 is 13.3 Å². The number of rotatable bonds is 4. The molecule has 0 aliphatic carbocycles. The van der Waals surface area contributed by atoms with Crippen LogP contribution in [0.5, 0.6) is 0 Å². The maximum Gasteiger partial charge on any atom is 0.270 e. The maximum atomic E-state index is 12.3. The van der Waals surface area contributed by atoms with Crippen LogP contribution < -0.4 is 10.5 Å². The number of hydrogen-bond donors (Lipinski definition) is 2. The van der Waals surface area contributed by atoms with Crippen molar-refractivity contribution in [2.24, 2.45) is 0 Å². The Morgan fingerprint density at radius 1 is 1.29 bits per heavy atom. The van der Waals surface area contributed by atoms with E-state index in [4.69, 9.17) is 5.73 Å². The molecule has 1 aromatic heterocycles. The van der Waals surface area contributed by atoms with Gasteiger partial charge in [-0.05, 0) is 25.1 Å². The van der Waals surface area contributed by atoms with Gasteiger partial charge in [-0.1, -0.05) is 6.07 Å². The van der Waals surface area contributed by atoms with E-state index >= 15 is 0 Å². The number of aryl methyl sites for hydroxylation is 1. The minimum absolute atomic E-state index is 0.0826. The standard InChI is InChI=1S/C12H12N4O4S/c1-8-3-2-4-12(14-8)15-21(19,20)11-7-9(16(17)18)5-6-10(11)13/h2-7H,13H2,1H3,(H,14,15). The minimum Gasteiger partial charge on any atom is -0.398 e. The summed E-state index contributed by atoms with van der Waals surface area (Å²) in [4.78, 5) is 13.7. The molecule has 3 N–H and O–H groups in total. The van der Waals surface area contributed by atoms with Crippen LogP contribution >= 0.6 is 0 Å². The first-order valence-corrected chi connectivity index (χ1v) is 7.28. The Labute approximate surface area is 120 Å². The Bertz CT molecular complexity index is 805. The molecule has 0 aliphatic rings. The number of sulfonamides is 1. The van der Waals surface area contributed by atoms with Crippen LogP contribution in [0, 0.1) is 17.0 Å². The summed E-state index contributed by atoms with van der Waals surface area (Å²) in [6.07, 6.45) is 0. The van der Waals surface area contributed by atoms with E-state index in [0.29, 0.717) is 5.69 Å². The van der Waals surface area contributed by atoms with Gasteiger partial charge in [0.15, 0.2) is 0 Å². The van der Waals surface area contributed by atoms with Gasteiger partial charge in [-0.25, -0.2) is 13.4 Å². The third kappa shape index (κ3) is 3.26. The van der Waals surface area contributed by atoms with Crippen LogP contribution in [0.4, 0.5) is 17.2 Å². The van der Waals surface area contributed by atoms with Gasteiger partial charge in [0.2, 0.25) is 0 Å². The summed E-state index contributed by atoms with van der Waals surface area (Å²) >= 11 is 0. The molecule has 21 heavy (non-hydrogen) atoms. The average molecular weight is 308 g/mol. The Kier molecular flexibility index (Phi) is 3.76. The van der Waals surface area contributed by atoms with E-state index in [1.165, 1.54) is 12.1 Å². The van der Waals surface area contributed by atoms with E-state index in [1.54, 1.807) is 19.1 Å². The van der Waals surface area contributed by atoms with E-state index in [1.807, 2.05) is 0 Å². The van der Waals surface area contributed by atoms with Gasteiger partial charge in [-0.2, -0.15) is 0 Å². The summed E-state index contributed by atoms with van der Waals surface area (Å²) < 4.78 is 26.8. The maximum absolute atomic E-state index is 12.3. The molecule has 0 aliphatic heterocycles. The van der Waals surface area contributed by atoms with Crippen molar-refractivity contribution in [1.82, 2.24) is 4.98 Å². The van der Waals surface area contributed by atoms with Crippen LogP contribution in [0.25, 0.3) is 0 Å². The number of nitro benzene ring substituents is 1. The molecule has 0 atom stereocenters. The predicted molar refractivity (Wildman–Crippen MR) is 77.3 cm³/mol. The van der Waals surface area contributed by atoms with E-state index in [9.17, 15) is 18.5 Å². The molecule has 0 spiro atoms. The molecule has 0 saturated carbocycles. The normalized spacial score (nSPS) is 11.1. The average Bonchev–Trinajstić information content (AvgIpc) is 2.38. The Balaban J connectivity index is 2.44. The number of non-ortho nitro benzene ring substituents is 1.